The molecular formula is C18H21N3O2. The van der Waals surface area contributed by atoms with Gasteiger partial charge in [0.2, 0.25) is 0 Å². The average molecular weight is 311 g/mol. The molecule has 2 heterocycles. The molecule has 1 saturated heterocycles. The lowest BCUT2D eigenvalue weighted by atomic mass is 9.95. The topological polar surface area (TPSA) is 68.4 Å². The van der Waals surface area contributed by atoms with E-state index in [1.807, 2.05) is 44.2 Å². The highest BCUT2D eigenvalue weighted by Gasteiger charge is 2.20. The Kier molecular flexibility index (Phi) is 4.30. The van der Waals surface area contributed by atoms with E-state index in [1.54, 1.807) is 0 Å². The SMILES string of the molecule is Cc1ccccc1-c1cc(N2CCOCC2)nc(C)c1C(N)=O. The van der Waals surface area contributed by atoms with Gasteiger partial charge >= 0.3 is 0 Å². The van der Waals surface area contributed by atoms with Gasteiger partial charge in [-0.05, 0) is 31.0 Å². The Balaban J connectivity index is 2.16. The smallest absolute Gasteiger partial charge is 0.251 e. The van der Waals surface area contributed by atoms with Crippen molar-refractivity contribution in [3.63, 3.8) is 0 Å². The second kappa shape index (κ2) is 6.38. The van der Waals surface area contributed by atoms with Gasteiger partial charge < -0.3 is 15.4 Å². The third-order valence-corrected chi connectivity index (χ3v) is 4.20. The summed E-state index contributed by atoms with van der Waals surface area (Å²) in [4.78, 5) is 18.8. The summed E-state index contributed by atoms with van der Waals surface area (Å²) in [5.41, 5.74) is 9.75. The number of aromatic nitrogens is 1. The number of benzene rings is 1. The van der Waals surface area contributed by atoms with Crippen LogP contribution >= 0.6 is 0 Å². The summed E-state index contributed by atoms with van der Waals surface area (Å²) in [6, 6.07) is 9.97. The van der Waals surface area contributed by atoms with Crippen LogP contribution < -0.4 is 10.6 Å². The number of pyridine rings is 1. The van der Waals surface area contributed by atoms with Crippen molar-refractivity contribution in [3.8, 4) is 11.1 Å². The first-order valence-electron chi connectivity index (χ1n) is 7.78. The van der Waals surface area contributed by atoms with Gasteiger partial charge in [-0.2, -0.15) is 0 Å². The summed E-state index contributed by atoms with van der Waals surface area (Å²) < 4.78 is 5.40. The maximum absolute atomic E-state index is 12.0. The van der Waals surface area contributed by atoms with Gasteiger partial charge in [0.1, 0.15) is 5.82 Å². The van der Waals surface area contributed by atoms with Gasteiger partial charge in [0.15, 0.2) is 0 Å². The van der Waals surface area contributed by atoms with Crippen molar-refractivity contribution in [2.24, 2.45) is 5.73 Å². The number of carbonyl (C=O) groups is 1. The Morgan fingerprint density at radius 3 is 2.52 bits per heavy atom. The maximum Gasteiger partial charge on any atom is 0.251 e. The lowest BCUT2D eigenvalue weighted by Crippen LogP contribution is -2.37. The second-order valence-corrected chi connectivity index (χ2v) is 5.77. The fraction of sp³-hybridized carbons (Fsp3) is 0.333. The van der Waals surface area contributed by atoms with E-state index in [2.05, 4.69) is 9.88 Å². The van der Waals surface area contributed by atoms with Crippen LogP contribution in [-0.4, -0.2) is 37.2 Å². The normalized spacial score (nSPS) is 14.8. The summed E-state index contributed by atoms with van der Waals surface area (Å²) in [5, 5.41) is 0. The van der Waals surface area contributed by atoms with E-state index < -0.39 is 5.91 Å². The maximum atomic E-state index is 12.0. The summed E-state index contributed by atoms with van der Waals surface area (Å²) in [6.45, 7) is 6.86. The molecule has 0 saturated carbocycles. The minimum atomic E-state index is -0.443. The van der Waals surface area contributed by atoms with Crippen LogP contribution in [0.2, 0.25) is 0 Å². The fourth-order valence-electron chi connectivity index (χ4n) is 3.01. The van der Waals surface area contributed by atoms with Crippen molar-refractivity contribution in [2.75, 3.05) is 31.2 Å². The van der Waals surface area contributed by atoms with Crippen molar-refractivity contribution in [1.82, 2.24) is 4.98 Å². The lowest BCUT2D eigenvalue weighted by molar-refractivity contribution is 0.1000. The number of nitrogens with zero attached hydrogens (tertiary/aromatic N) is 2. The fourth-order valence-corrected chi connectivity index (χ4v) is 3.01. The largest absolute Gasteiger partial charge is 0.378 e. The number of nitrogens with two attached hydrogens (primary N) is 1. The monoisotopic (exact) mass is 311 g/mol. The number of anilines is 1. The van der Waals surface area contributed by atoms with Crippen molar-refractivity contribution in [1.29, 1.82) is 0 Å². The van der Waals surface area contributed by atoms with Crippen LogP contribution in [0.4, 0.5) is 5.82 Å². The zero-order chi connectivity index (χ0) is 16.4. The standard InChI is InChI=1S/C18H21N3O2/c1-12-5-3-4-6-14(12)15-11-16(21-7-9-23-10-8-21)20-13(2)17(15)18(19)22/h3-6,11H,7-10H2,1-2H3,(H2,19,22). The molecule has 1 amide bonds. The Labute approximate surface area is 136 Å². The van der Waals surface area contributed by atoms with E-state index in [-0.39, 0.29) is 0 Å². The molecule has 23 heavy (non-hydrogen) atoms. The zero-order valence-corrected chi connectivity index (χ0v) is 13.5. The number of hydrogen-bond acceptors (Lipinski definition) is 4. The van der Waals surface area contributed by atoms with Crippen LogP contribution in [0.5, 0.6) is 0 Å². The molecule has 0 radical (unpaired) electrons. The van der Waals surface area contributed by atoms with Gasteiger partial charge in [0.05, 0.1) is 24.5 Å². The van der Waals surface area contributed by atoms with Gasteiger partial charge in [-0.1, -0.05) is 24.3 Å². The molecule has 0 unspecified atom stereocenters. The van der Waals surface area contributed by atoms with Crippen molar-refractivity contribution in [2.45, 2.75) is 13.8 Å². The van der Waals surface area contributed by atoms with Crippen LogP contribution in [0, 0.1) is 13.8 Å². The molecule has 0 atom stereocenters. The predicted molar refractivity (Wildman–Crippen MR) is 90.7 cm³/mol. The lowest BCUT2D eigenvalue weighted by Gasteiger charge is -2.29. The molecule has 1 fully saturated rings. The first-order chi connectivity index (χ1) is 11.1. The molecule has 1 aliphatic heterocycles. The third-order valence-electron chi connectivity index (χ3n) is 4.20. The van der Waals surface area contributed by atoms with Crippen molar-refractivity contribution in [3.05, 3.63) is 47.2 Å². The minimum Gasteiger partial charge on any atom is -0.378 e. The summed E-state index contributed by atoms with van der Waals surface area (Å²) in [6.07, 6.45) is 0. The van der Waals surface area contributed by atoms with Gasteiger partial charge in [-0.25, -0.2) is 4.98 Å². The van der Waals surface area contributed by atoms with Crippen LogP contribution in [0.25, 0.3) is 11.1 Å². The number of amides is 1. The molecule has 2 aromatic rings. The quantitative estimate of drug-likeness (QED) is 0.944. The van der Waals surface area contributed by atoms with E-state index in [0.29, 0.717) is 24.5 Å². The van der Waals surface area contributed by atoms with E-state index in [4.69, 9.17) is 10.5 Å². The number of carbonyl (C=O) groups excluding carboxylic acids is 1. The molecule has 1 aliphatic rings. The van der Waals surface area contributed by atoms with E-state index in [1.165, 1.54) is 0 Å². The Hall–Kier alpha value is -2.40. The molecule has 0 spiro atoms. The molecule has 1 aromatic heterocycles. The zero-order valence-electron chi connectivity index (χ0n) is 13.5. The molecule has 2 N–H and O–H groups in total. The van der Waals surface area contributed by atoms with Crippen LogP contribution in [-0.2, 0) is 4.74 Å². The number of rotatable bonds is 3. The first-order valence-corrected chi connectivity index (χ1v) is 7.78. The van der Waals surface area contributed by atoms with E-state index in [9.17, 15) is 4.79 Å². The minimum absolute atomic E-state index is 0.443. The summed E-state index contributed by atoms with van der Waals surface area (Å²) in [7, 11) is 0. The molecule has 0 bridgehead atoms. The Morgan fingerprint density at radius 1 is 1.17 bits per heavy atom. The molecule has 120 valence electrons. The molecule has 1 aromatic carbocycles. The Bertz CT molecular complexity index is 737. The predicted octanol–water partition coefficient (Wildman–Crippen LogP) is 2.30. The highest BCUT2D eigenvalue weighted by molar-refractivity contribution is 6.01. The number of ether oxygens (including phenoxy) is 1. The number of hydrogen-bond donors (Lipinski definition) is 1. The average Bonchev–Trinajstić information content (AvgIpc) is 2.55. The van der Waals surface area contributed by atoms with Crippen molar-refractivity contribution >= 4 is 11.7 Å². The number of morpholine rings is 1. The van der Waals surface area contributed by atoms with Gasteiger partial charge in [0, 0.05) is 18.7 Å². The summed E-state index contributed by atoms with van der Waals surface area (Å²) >= 11 is 0. The van der Waals surface area contributed by atoms with E-state index in [0.717, 1.165) is 35.6 Å². The molecule has 3 rings (SSSR count). The van der Waals surface area contributed by atoms with Crippen LogP contribution in [0.1, 0.15) is 21.6 Å². The molecular weight excluding hydrogens is 290 g/mol. The van der Waals surface area contributed by atoms with Gasteiger partial charge in [-0.3, -0.25) is 4.79 Å². The first kappa shape index (κ1) is 15.5. The molecule has 5 nitrogen and oxygen atoms in total. The second-order valence-electron chi connectivity index (χ2n) is 5.77. The molecule has 5 heteroatoms. The Morgan fingerprint density at radius 2 is 1.87 bits per heavy atom. The highest BCUT2D eigenvalue weighted by atomic mass is 16.5. The van der Waals surface area contributed by atoms with Crippen molar-refractivity contribution < 1.29 is 9.53 Å². The molecule has 0 aliphatic carbocycles. The van der Waals surface area contributed by atoms with E-state index >= 15 is 0 Å². The van der Waals surface area contributed by atoms with Crippen LogP contribution in [0.3, 0.4) is 0 Å². The van der Waals surface area contributed by atoms with Gasteiger partial charge in [0.25, 0.3) is 5.91 Å². The number of primary amides is 1. The number of aryl methyl sites for hydroxylation is 2. The summed E-state index contributed by atoms with van der Waals surface area (Å²) in [5.74, 6) is 0.427. The van der Waals surface area contributed by atoms with Crippen LogP contribution in [0.15, 0.2) is 30.3 Å². The highest BCUT2D eigenvalue weighted by Crippen LogP contribution is 2.31. The third kappa shape index (κ3) is 3.05. The van der Waals surface area contributed by atoms with Gasteiger partial charge in [-0.15, -0.1) is 0 Å².